The lowest BCUT2D eigenvalue weighted by molar-refractivity contribution is 0.131. The van der Waals surface area contributed by atoms with Crippen LogP contribution in [0.5, 0.6) is 0 Å². The fraction of sp³-hybridized carbons (Fsp3) is 0.611. The standard InChI is InChI=1S/C18H30N3OP/c1-7-21(13-15(23-6)20(4)5)17-19-18(2,3)16(22-17)14-11-9-8-10-12-14/h8-12,15-16,23H,7,13H2,1-6H3/t15-,16?/m1/s1. The van der Waals surface area contributed by atoms with Gasteiger partial charge in [-0.3, -0.25) is 0 Å². The van der Waals surface area contributed by atoms with E-state index >= 15 is 0 Å². The SMILES string of the molecule is CCN(C[C@@H](PC)N(C)C)C1=NC(C)(C)C(c2ccccc2)O1. The minimum Gasteiger partial charge on any atom is -0.454 e. The first-order valence-electron chi connectivity index (χ1n) is 8.29. The van der Waals surface area contributed by atoms with Crippen LogP contribution in [0.15, 0.2) is 35.3 Å². The normalized spacial score (nSPS) is 21.5. The molecule has 3 atom stereocenters. The van der Waals surface area contributed by atoms with Gasteiger partial charge in [-0.2, -0.15) is 0 Å². The quantitative estimate of drug-likeness (QED) is 0.746. The Hall–Kier alpha value is -1.12. The van der Waals surface area contributed by atoms with E-state index in [1.165, 1.54) is 5.56 Å². The summed E-state index contributed by atoms with van der Waals surface area (Å²) in [5.74, 6) is 0.528. The lowest BCUT2D eigenvalue weighted by Gasteiger charge is -2.30. The molecular formula is C18H30N3OP. The van der Waals surface area contributed by atoms with Crippen molar-refractivity contribution in [3.8, 4) is 0 Å². The zero-order valence-electron chi connectivity index (χ0n) is 15.2. The number of nitrogens with zero attached hydrogens (tertiary/aromatic N) is 3. The van der Waals surface area contributed by atoms with Crippen molar-refractivity contribution < 1.29 is 4.74 Å². The molecule has 0 spiro atoms. The van der Waals surface area contributed by atoms with E-state index in [0.717, 1.165) is 27.7 Å². The maximum absolute atomic E-state index is 6.30. The molecule has 0 saturated heterocycles. The van der Waals surface area contributed by atoms with Gasteiger partial charge in [0, 0.05) is 18.9 Å². The Morgan fingerprint density at radius 1 is 1.26 bits per heavy atom. The Morgan fingerprint density at radius 3 is 2.43 bits per heavy atom. The average molecular weight is 335 g/mol. The van der Waals surface area contributed by atoms with Crippen LogP contribution in [0.2, 0.25) is 0 Å². The van der Waals surface area contributed by atoms with Gasteiger partial charge in [0.2, 0.25) is 0 Å². The van der Waals surface area contributed by atoms with E-state index in [-0.39, 0.29) is 11.6 Å². The number of aliphatic imine (C=N–C) groups is 1. The summed E-state index contributed by atoms with van der Waals surface area (Å²) < 4.78 is 6.30. The van der Waals surface area contributed by atoms with E-state index in [2.05, 4.69) is 75.6 Å². The third kappa shape index (κ3) is 4.24. The van der Waals surface area contributed by atoms with Gasteiger partial charge < -0.3 is 14.5 Å². The van der Waals surface area contributed by atoms with Crippen LogP contribution in [0.4, 0.5) is 0 Å². The zero-order chi connectivity index (χ0) is 17.0. The molecule has 23 heavy (non-hydrogen) atoms. The summed E-state index contributed by atoms with van der Waals surface area (Å²) in [6.45, 7) is 10.6. The smallest absolute Gasteiger partial charge is 0.288 e. The Morgan fingerprint density at radius 2 is 1.91 bits per heavy atom. The van der Waals surface area contributed by atoms with Gasteiger partial charge in [-0.25, -0.2) is 4.99 Å². The van der Waals surface area contributed by atoms with Crippen LogP contribution >= 0.6 is 8.58 Å². The first kappa shape index (κ1) is 18.2. The van der Waals surface area contributed by atoms with E-state index in [1.54, 1.807) is 0 Å². The number of ether oxygens (including phenoxy) is 1. The highest BCUT2D eigenvalue weighted by Crippen LogP contribution is 2.38. The number of hydrogen-bond donors (Lipinski definition) is 0. The highest BCUT2D eigenvalue weighted by molar-refractivity contribution is 7.37. The van der Waals surface area contributed by atoms with Gasteiger partial charge in [-0.15, -0.1) is 8.58 Å². The lowest BCUT2D eigenvalue weighted by atomic mass is 9.93. The highest BCUT2D eigenvalue weighted by atomic mass is 31.1. The van der Waals surface area contributed by atoms with Gasteiger partial charge in [0.25, 0.3) is 6.02 Å². The Labute approximate surface area is 142 Å². The Bertz CT molecular complexity index is 530. The molecule has 4 nitrogen and oxygen atoms in total. The van der Waals surface area contributed by atoms with Crippen molar-refractivity contribution in [3.05, 3.63) is 35.9 Å². The summed E-state index contributed by atoms with van der Waals surface area (Å²) >= 11 is 0. The second-order valence-corrected chi connectivity index (χ2v) is 8.01. The highest BCUT2D eigenvalue weighted by Gasteiger charge is 2.41. The molecule has 1 aliphatic rings. The number of rotatable bonds is 6. The van der Waals surface area contributed by atoms with Crippen LogP contribution in [-0.2, 0) is 4.74 Å². The maximum Gasteiger partial charge on any atom is 0.288 e. The summed E-state index contributed by atoms with van der Waals surface area (Å²) in [5, 5.41) is 0. The van der Waals surface area contributed by atoms with E-state index in [9.17, 15) is 0 Å². The van der Waals surface area contributed by atoms with Crippen molar-refractivity contribution in [3.63, 3.8) is 0 Å². The molecule has 0 aliphatic carbocycles. The first-order chi connectivity index (χ1) is 10.9. The Balaban J connectivity index is 2.16. The monoisotopic (exact) mass is 335 g/mol. The molecule has 2 rings (SSSR count). The molecule has 0 bridgehead atoms. The number of benzene rings is 1. The molecule has 2 unspecified atom stereocenters. The topological polar surface area (TPSA) is 28.1 Å². The van der Waals surface area contributed by atoms with Crippen molar-refractivity contribution >= 4 is 14.6 Å². The van der Waals surface area contributed by atoms with Gasteiger partial charge in [0.05, 0.1) is 0 Å². The molecular weight excluding hydrogens is 305 g/mol. The third-order valence-electron chi connectivity index (χ3n) is 4.35. The van der Waals surface area contributed by atoms with Crippen LogP contribution in [0.25, 0.3) is 0 Å². The average Bonchev–Trinajstić information content (AvgIpc) is 2.84. The predicted octanol–water partition coefficient (Wildman–Crippen LogP) is 3.41. The molecule has 128 valence electrons. The zero-order valence-corrected chi connectivity index (χ0v) is 16.2. The van der Waals surface area contributed by atoms with Gasteiger partial charge in [-0.1, -0.05) is 30.3 Å². The number of amidine groups is 1. The van der Waals surface area contributed by atoms with Gasteiger partial charge >= 0.3 is 0 Å². The van der Waals surface area contributed by atoms with Crippen molar-refractivity contribution in [1.29, 1.82) is 0 Å². The van der Waals surface area contributed by atoms with Crippen molar-refractivity contribution in [2.45, 2.75) is 38.2 Å². The van der Waals surface area contributed by atoms with E-state index in [1.807, 2.05) is 6.07 Å². The minimum atomic E-state index is -0.244. The van der Waals surface area contributed by atoms with Crippen LogP contribution in [0.3, 0.4) is 0 Å². The van der Waals surface area contributed by atoms with Crippen molar-refractivity contribution in [1.82, 2.24) is 9.80 Å². The molecule has 1 aliphatic heterocycles. The second kappa shape index (κ2) is 7.63. The molecule has 1 aromatic rings. The second-order valence-electron chi connectivity index (χ2n) is 6.76. The van der Waals surface area contributed by atoms with Crippen molar-refractivity contribution in [2.24, 2.45) is 4.99 Å². The molecule has 1 aromatic carbocycles. The molecule has 0 saturated carbocycles. The number of likely N-dealkylation sites (N-methyl/N-ethyl adjacent to an activating group) is 2. The van der Waals surface area contributed by atoms with Crippen LogP contribution < -0.4 is 0 Å². The third-order valence-corrected chi connectivity index (χ3v) is 5.72. The van der Waals surface area contributed by atoms with Gasteiger partial charge in [0.1, 0.15) is 5.54 Å². The molecule has 0 amide bonds. The largest absolute Gasteiger partial charge is 0.454 e. The summed E-state index contributed by atoms with van der Waals surface area (Å²) in [5.41, 5.74) is 0.945. The predicted molar refractivity (Wildman–Crippen MR) is 101 cm³/mol. The maximum atomic E-state index is 6.30. The fourth-order valence-corrected chi connectivity index (χ4v) is 3.81. The van der Waals surface area contributed by atoms with Crippen LogP contribution in [0, 0.1) is 0 Å². The van der Waals surface area contributed by atoms with E-state index in [0.29, 0.717) is 5.78 Å². The fourth-order valence-electron chi connectivity index (χ4n) is 2.89. The molecule has 0 fully saturated rings. The molecule has 0 N–H and O–H groups in total. The molecule has 0 radical (unpaired) electrons. The minimum absolute atomic E-state index is 0.0189. The summed E-state index contributed by atoms with van der Waals surface area (Å²) in [4.78, 5) is 9.46. The number of hydrogen-bond acceptors (Lipinski definition) is 4. The van der Waals surface area contributed by atoms with E-state index < -0.39 is 0 Å². The molecule has 5 heteroatoms. The molecule has 0 aromatic heterocycles. The van der Waals surface area contributed by atoms with Crippen LogP contribution in [-0.4, -0.2) is 61.0 Å². The molecule has 1 heterocycles. The van der Waals surface area contributed by atoms with Crippen LogP contribution in [0.1, 0.15) is 32.4 Å². The summed E-state index contributed by atoms with van der Waals surface area (Å²) in [7, 11) is 5.15. The Kier molecular flexibility index (Phi) is 6.05. The summed E-state index contributed by atoms with van der Waals surface area (Å²) in [6, 6.07) is 11.2. The lowest BCUT2D eigenvalue weighted by Crippen LogP contribution is -2.41. The van der Waals surface area contributed by atoms with Gasteiger partial charge in [0.15, 0.2) is 6.10 Å². The van der Waals surface area contributed by atoms with Gasteiger partial charge in [-0.05, 0) is 47.1 Å². The van der Waals surface area contributed by atoms with E-state index in [4.69, 9.17) is 9.73 Å². The summed E-state index contributed by atoms with van der Waals surface area (Å²) in [6.07, 6.45) is -0.0189. The van der Waals surface area contributed by atoms with Crippen molar-refractivity contribution in [2.75, 3.05) is 33.8 Å². The first-order valence-corrected chi connectivity index (χ1v) is 9.87.